The zero-order valence-corrected chi connectivity index (χ0v) is 8.91. The van der Waals surface area contributed by atoms with Gasteiger partial charge < -0.3 is 4.74 Å². The number of benzene rings is 1. The van der Waals surface area contributed by atoms with Crippen molar-refractivity contribution in [2.24, 2.45) is 0 Å². The van der Waals surface area contributed by atoms with Gasteiger partial charge in [0.05, 0.1) is 11.0 Å². The molecular weight excluding hydrogens is 224 g/mol. The van der Waals surface area contributed by atoms with Crippen LogP contribution in [0.15, 0.2) is 30.5 Å². The van der Waals surface area contributed by atoms with Gasteiger partial charge in [-0.2, -0.15) is 0 Å². The van der Waals surface area contributed by atoms with Gasteiger partial charge in [-0.1, -0.05) is 6.07 Å². The van der Waals surface area contributed by atoms with Crippen LogP contribution in [0.4, 0.5) is 5.69 Å². The minimum atomic E-state index is -0.544. The van der Waals surface area contributed by atoms with Gasteiger partial charge in [-0.15, -0.1) is 0 Å². The maximum atomic E-state index is 10.9. The van der Waals surface area contributed by atoms with Gasteiger partial charge in [0.15, 0.2) is 5.75 Å². The van der Waals surface area contributed by atoms with Gasteiger partial charge in [-0.25, -0.2) is 0 Å². The van der Waals surface area contributed by atoms with E-state index in [1.54, 1.807) is 12.1 Å². The van der Waals surface area contributed by atoms with Crippen molar-refractivity contribution >= 4 is 22.6 Å². The maximum absolute atomic E-state index is 10.9. The second-order valence-corrected chi connectivity index (χ2v) is 3.37. The van der Waals surface area contributed by atoms with Crippen molar-refractivity contribution in [3.8, 4) is 5.75 Å². The van der Waals surface area contributed by atoms with E-state index in [-0.39, 0.29) is 11.4 Å². The first-order chi connectivity index (χ1) is 8.08. The van der Waals surface area contributed by atoms with Gasteiger partial charge in [0.25, 0.3) is 5.69 Å². The Labute approximate surface area is 96.0 Å². The Kier molecular flexibility index (Phi) is 2.70. The molecule has 0 unspecified atom stereocenters. The summed E-state index contributed by atoms with van der Waals surface area (Å²) in [6.45, 7) is 1.23. The van der Waals surface area contributed by atoms with Crippen LogP contribution in [-0.2, 0) is 4.79 Å². The molecule has 0 amide bonds. The minimum absolute atomic E-state index is 0.0994. The van der Waals surface area contributed by atoms with Gasteiger partial charge in [-0.3, -0.25) is 19.9 Å². The second-order valence-electron chi connectivity index (χ2n) is 3.37. The van der Waals surface area contributed by atoms with Crippen molar-refractivity contribution in [1.29, 1.82) is 0 Å². The molecule has 0 bridgehead atoms. The molecule has 0 aliphatic carbocycles. The number of nitrogens with zero attached hydrogens (tertiary/aromatic N) is 2. The van der Waals surface area contributed by atoms with Crippen LogP contribution in [0.25, 0.3) is 10.9 Å². The zero-order chi connectivity index (χ0) is 12.4. The van der Waals surface area contributed by atoms with E-state index in [0.29, 0.717) is 10.9 Å². The number of rotatable bonds is 2. The number of aromatic nitrogens is 1. The van der Waals surface area contributed by atoms with E-state index in [4.69, 9.17) is 4.74 Å². The van der Waals surface area contributed by atoms with E-state index in [1.165, 1.54) is 25.3 Å². The Morgan fingerprint density at radius 3 is 2.88 bits per heavy atom. The average molecular weight is 232 g/mol. The molecule has 0 N–H and O–H groups in total. The normalized spacial score (nSPS) is 10.2. The van der Waals surface area contributed by atoms with Crippen LogP contribution < -0.4 is 4.74 Å². The molecule has 0 atom stereocenters. The fraction of sp³-hybridized carbons (Fsp3) is 0.0909. The summed E-state index contributed by atoms with van der Waals surface area (Å²) in [5.41, 5.74) is 0.287. The number of ether oxygens (including phenoxy) is 1. The van der Waals surface area contributed by atoms with Crippen molar-refractivity contribution in [2.75, 3.05) is 0 Å². The fourth-order valence-electron chi connectivity index (χ4n) is 1.48. The molecule has 0 spiro atoms. The van der Waals surface area contributed by atoms with E-state index in [1.807, 2.05) is 0 Å². The summed E-state index contributed by atoms with van der Waals surface area (Å²) >= 11 is 0. The van der Waals surface area contributed by atoms with Crippen LogP contribution >= 0.6 is 0 Å². The summed E-state index contributed by atoms with van der Waals surface area (Å²) in [7, 11) is 0. The highest BCUT2D eigenvalue weighted by Crippen LogP contribution is 2.29. The van der Waals surface area contributed by atoms with Crippen molar-refractivity contribution < 1.29 is 14.5 Å². The van der Waals surface area contributed by atoms with Crippen LogP contribution in [0, 0.1) is 10.1 Å². The number of nitro benzene ring substituents is 1. The summed E-state index contributed by atoms with van der Waals surface area (Å²) in [5.74, 6) is -0.445. The molecule has 2 rings (SSSR count). The quantitative estimate of drug-likeness (QED) is 0.342. The largest absolute Gasteiger partial charge is 0.424 e. The molecule has 6 heteroatoms. The summed E-state index contributed by atoms with van der Waals surface area (Å²) in [5, 5.41) is 11.3. The highest BCUT2D eigenvalue weighted by molar-refractivity contribution is 5.88. The molecule has 0 radical (unpaired) electrons. The molecule has 0 aliphatic heterocycles. The van der Waals surface area contributed by atoms with Crippen LogP contribution in [0.1, 0.15) is 6.92 Å². The van der Waals surface area contributed by atoms with Crippen LogP contribution in [0.5, 0.6) is 5.75 Å². The number of carbonyl (C=O) groups excluding carboxylic acids is 1. The lowest BCUT2D eigenvalue weighted by Gasteiger charge is -2.04. The lowest BCUT2D eigenvalue weighted by molar-refractivity contribution is -0.384. The number of fused-ring (bicyclic) bond motifs is 1. The van der Waals surface area contributed by atoms with Crippen LogP contribution in [0.2, 0.25) is 0 Å². The Morgan fingerprint density at radius 1 is 1.47 bits per heavy atom. The number of hydrogen-bond donors (Lipinski definition) is 0. The molecule has 1 heterocycles. The van der Waals surface area contributed by atoms with E-state index < -0.39 is 10.9 Å². The van der Waals surface area contributed by atoms with E-state index in [0.717, 1.165) is 0 Å². The van der Waals surface area contributed by atoms with Crippen molar-refractivity contribution in [1.82, 2.24) is 4.98 Å². The van der Waals surface area contributed by atoms with Crippen LogP contribution in [0.3, 0.4) is 0 Å². The molecule has 86 valence electrons. The molecule has 17 heavy (non-hydrogen) atoms. The van der Waals surface area contributed by atoms with E-state index in [2.05, 4.69) is 4.98 Å². The first-order valence-corrected chi connectivity index (χ1v) is 4.79. The molecule has 1 aromatic carbocycles. The third-order valence-corrected chi connectivity index (χ3v) is 2.12. The molecule has 0 aliphatic rings. The molecule has 6 nitrogen and oxygen atoms in total. The third-order valence-electron chi connectivity index (χ3n) is 2.12. The van der Waals surface area contributed by atoms with Gasteiger partial charge in [0, 0.05) is 24.6 Å². The number of hydrogen-bond acceptors (Lipinski definition) is 5. The fourth-order valence-corrected chi connectivity index (χ4v) is 1.48. The van der Waals surface area contributed by atoms with Gasteiger partial charge in [0.1, 0.15) is 5.52 Å². The molecule has 1 aromatic heterocycles. The summed E-state index contributed by atoms with van der Waals surface area (Å²) < 4.78 is 4.91. The van der Waals surface area contributed by atoms with Crippen molar-refractivity contribution in [3.05, 3.63) is 40.6 Å². The lowest BCUT2D eigenvalue weighted by Crippen LogP contribution is -2.03. The van der Waals surface area contributed by atoms with Gasteiger partial charge in [0.2, 0.25) is 0 Å². The Morgan fingerprint density at radius 2 is 2.24 bits per heavy atom. The Bertz CT molecular complexity index is 609. The lowest BCUT2D eigenvalue weighted by atomic mass is 10.2. The van der Waals surface area contributed by atoms with Gasteiger partial charge >= 0.3 is 5.97 Å². The Hall–Kier alpha value is -2.50. The molecular formula is C11H8N2O4. The minimum Gasteiger partial charge on any atom is -0.424 e. The monoisotopic (exact) mass is 232 g/mol. The zero-order valence-electron chi connectivity index (χ0n) is 8.91. The number of pyridine rings is 1. The second kappa shape index (κ2) is 4.17. The van der Waals surface area contributed by atoms with Crippen molar-refractivity contribution in [2.45, 2.75) is 6.92 Å². The van der Waals surface area contributed by atoms with Gasteiger partial charge in [-0.05, 0) is 6.07 Å². The third kappa shape index (κ3) is 2.20. The number of esters is 1. The summed E-state index contributed by atoms with van der Waals surface area (Å²) in [6, 6.07) is 5.90. The topological polar surface area (TPSA) is 82.3 Å². The summed E-state index contributed by atoms with van der Waals surface area (Å²) in [4.78, 5) is 25.1. The molecule has 0 saturated carbocycles. The van der Waals surface area contributed by atoms with Crippen LogP contribution in [-0.4, -0.2) is 15.9 Å². The van der Waals surface area contributed by atoms with E-state index in [9.17, 15) is 14.9 Å². The standard InChI is InChI=1S/C11H8N2O4/c1-7(14)17-10-6-9(13(15)16)5-8-3-2-4-12-11(8)10/h2-6H,1H3. The average Bonchev–Trinajstić information content (AvgIpc) is 2.28. The predicted molar refractivity (Wildman–Crippen MR) is 59.7 cm³/mol. The number of nitro groups is 1. The molecule has 0 fully saturated rings. The Balaban J connectivity index is 2.68. The number of carbonyl (C=O) groups is 1. The first kappa shape index (κ1) is 11.0. The first-order valence-electron chi connectivity index (χ1n) is 4.79. The highest BCUT2D eigenvalue weighted by atomic mass is 16.6. The molecule has 0 saturated heterocycles. The molecule has 2 aromatic rings. The van der Waals surface area contributed by atoms with Crippen molar-refractivity contribution in [3.63, 3.8) is 0 Å². The summed E-state index contributed by atoms with van der Waals surface area (Å²) in [6.07, 6.45) is 1.53. The SMILES string of the molecule is CC(=O)Oc1cc([N+](=O)[O-])cc2cccnc12. The smallest absolute Gasteiger partial charge is 0.308 e. The van der Waals surface area contributed by atoms with E-state index >= 15 is 0 Å². The maximum Gasteiger partial charge on any atom is 0.308 e. The predicted octanol–water partition coefficient (Wildman–Crippen LogP) is 2.07. The number of non-ortho nitro benzene ring substituents is 1. The highest BCUT2D eigenvalue weighted by Gasteiger charge is 2.14.